The SMILES string of the molecule is COCCOCCOCC(=O)OC1CCCCCC(OC(=O)COc2ccc(C(=O)c3ccccc3)cc2)CCCCCCC(OC(C)=O)CCC1. The van der Waals surface area contributed by atoms with Crippen molar-refractivity contribution >= 4 is 23.7 Å². The van der Waals surface area contributed by atoms with E-state index in [4.69, 9.17) is 33.2 Å². The molecule has 2 aromatic carbocycles. The summed E-state index contributed by atoms with van der Waals surface area (Å²) in [5.41, 5.74) is 1.15. The molecule has 0 heterocycles. The van der Waals surface area contributed by atoms with E-state index in [0.29, 0.717) is 49.5 Å². The first-order chi connectivity index (χ1) is 25.3. The number of carbonyl (C=O) groups excluding carboxylic acids is 4. The van der Waals surface area contributed by atoms with Crippen LogP contribution in [0.4, 0.5) is 0 Å². The number of rotatable bonds is 16. The molecule has 3 unspecified atom stereocenters. The third-order valence-corrected chi connectivity index (χ3v) is 8.87. The fourth-order valence-corrected chi connectivity index (χ4v) is 6.17. The van der Waals surface area contributed by atoms with Crippen LogP contribution in [0.3, 0.4) is 0 Å². The van der Waals surface area contributed by atoms with Gasteiger partial charge in [0.05, 0.1) is 26.4 Å². The molecule has 3 rings (SSSR count). The molecule has 3 atom stereocenters. The van der Waals surface area contributed by atoms with Gasteiger partial charge in [-0.3, -0.25) is 9.59 Å². The standard InChI is InChI=1S/C41H58O11/c1-32(42)50-36-16-9-3-4-10-17-37(52-40(44)31-49-35-24-22-34(23-25-35)41(45)33-14-7-5-8-15-33)18-11-6-12-19-38(21-13-20-36)51-39(43)30-48-29-28-47-27-26-46-2/h5,7-8,14-15,22-25,36-38H,3-4,6,9-13,16-21,26-31H2,1-2H3. The average molecular weight is 727 g/mol. The molecule has 288 valence electrons. The van der Waals surface area contributed by atoms with Crippen molar-refractivity contribution in [1.29, 1.82) is 0 Å². The van der Waals surface area contributed by atoms with E-state index < -0.39 is 11.9 Å². The number of benzene rings is 2. The van der Waals surface area contributed by atoms with E-state index in [1.54, 1.807) is 43.5 Å². The summed E-state index contributed by atoms with van der Waals surface area (Å²) in [6.07, 6.45) is 11.0. The number of methoxy groups -OCH3 is 1. The number of esters is 3. The van der Waals surface area contributed by atoms with Crippen molar-refractivity contribution in [3.8, 4) is 5.75 Å². The number of hydrogen-bond acceptors (Lipinski definition) is 11. The lowest BCUT2D eigenvalue weighted by Gasteiger charge is -2.21. The highest BCUT2D eigenvalue weighted by Crippen LogP contribution is 2.22. The van der Waals surface area contributed by atoms with Gasteiger partial charge in [0.2, 0.25) is 0 Å². The van der Waals surface area contributed by atoms with Crippen molar-refractivity contribution in [2.24, 2.45) is 0 Å². The van der Waals surface area contributed by atoms with Gasteiger partial charge in [0, 0.05) is 25.2 Å². The van der Waals surface area contributed by atoms with E-state index in [9.17, 15) is 19.2 Å². The van der Waals surface area contributed by atoms with Gasteiger partial charge >= 0.3 is 17.9 Å². The first-order valence-corrected chi connectivity index (χ1v) is 18.9. The Hall–Kier alpha value is -3.80. The van der Waals surface area contributed by atoms with Gasteiger partial charge in [0.25, 0.3) is 0 Å². The van der Waals surface area contributed by atoms with Crippen LogP contribution in [0.2, 0.25) is 0 Å². The van der Waals surface area contributed by atoms with E-state index in [-0.39, 0.29) is 49.9 Å². The third kappa shape index (κ3) is 18.6. The van der Waals surface area contributed by atoms with Crippen LogP contribution in [-0.4, -0.2) is 88.8 Å². The monoisotopic (exact) mass is 726 g/mol. The van der Waals surface area contributed by atoms with Crippen molar-refractivity contribution in [3.63, 3.8) is 0 Å². The van der Waals surface area contributed by atoms with E-state index in [1.165, 1.54) is 6.92 Å². The zero-order valence-electron chi connectivity index (χ0n) is 31.1. The van der Waals surface area contributed by atoms with Crippen molar-refractivity contribution in [3.05, 3.63) is 65.7 Å². The van der Waals surface area contributed by atoms with Crippen molar-refractivity contribution < 1.29 is 52.3 Å². The second kappa shape index (κ2) is 26.0. The molecular weight excluding hydrogens is 668 g/mol. The Bertz CT molecular complexity index is 1300. The highest BCUT2D eigenvalue weighted by Gasteiger charge is 2.20. The number of carbonyl (C=O) groups is 4. The summed E-state index contributed by atoms with van der Waals surface area (Å²) < 4.78 is 38.8. The van der Waals surface area contributed by atoms with Gasteiger partial charge in [-0.25, -0.2) is 9.59 Å². The normalized spacial score (nSPS) is 19.5. The van der Waals surface area contributed by atoms with Crippen molar-refractivity contribution in [1.82, 2.24) is 0 Å². The fourth-order valence-electron chi connectivity index (χ4n) is 6.17. The largest absolute Gasteiger partial charge is 0.482 e. The Morgan fingerprint density at radius 1 is 0.538 bits per heavy atom. The lowest BCUT2D eigenvalue weighted by Crippen LogP contribution is -2.24. The Morgan fingerprint density at radius 3 is 1.60 bits per heavy atom. The second-order valence-electron chi connectivity index (χ2n) is 13.2. The van der Waals surface area contributed by atoms with Crippen LogP contribution >= 0.6 is 0 Å². The maximum Gasteiger partial charge on any atom is 0.344 e. The molecule has 2 aromatic rings. The first kappa shape index (κ1) is 42.6. The van der Waals surface area contributed by atoms with Crippen LogP contribution in [0.15, 0.2) is 54.6 Å². The van der Waals surface area contributed by atoms with E-state index in [0.717, 1.165) is 77.0 Å². The van der Waals surface area contributed by atoms with Gasteiger partial charge in [-0.1, -0.05) is 49.6 Å². The molecule has 11 heteroatoms. The second-order valence-corrected chi connectivity index (χ2v) is 13.2. The number of ether oxygens (including phenoxy) is 7. The third-order valence-electron chi connectivity index (χ3n) is 8.87. The smallest absolute Gasteiger partial charge is 0.344 e. The highest BCUT2D eigenvalue weighted by atomic mass is 16.6. The zero-order chi connectivity index (χ0) is 37.2. The molecule has 11 nitrogen and oxygen atoms in total. The number of hydrogen-bond donors (Lipinski definition) is 0. The molecule has 0 N–H and O–H groups in total. The van der Waals surface area contributed by atoms with Gasteiger partial charge in [-0.15, -0.1) is 0 Å². The predicted molar refractivity (Wildman–Crippen MR) is 195 cm³/mol. The van der Waals surface area contributed by atoms with Gasteiger partial charge in [0.1, 0.15) is 30.7 Å². The van der Waals surface area contributed by atoms with E-state index in [2.05, 4.69) is 0 Å². The molecule has 1 aliphatic carbocycles. The molecule has 0 radical (unpaired) electrons. The Balaban J connectivity index is 1.49. The molecule has 0 bridgehead atoms. The van der Waals surface area contributed by atoms with Crippen LogP contribution < -0.4 is 4.74 Å². The molecule has 0 spiro atoms. The first-order valence-electron chi connectivity index (χ1n) is 18.9. The summed E-state index contributed by atoms with van der Waals surface area (Å²) in [5, 5.41) is 0. The van der Waals surface area contributed by atoms with Crippen LogP contribution in [0.5, 0.6) is 5.75 Å². The zero-order valence-corrected chi connectivity index (χ0v) is 31.1. The molecule has 1 saturated carbocycles. The maximum absolute atomic E-state index is 12.9. The highest BCUT2D eigenvalue weighted by molar-refractivity contribution is 6.09. The summed E-state index contributed by atoms with van der Waals surface area (Å²) in [4.78, 5) is 49.9. The topological polar surface area (TPSA) is 133 Å². The molecule has 0 amide bonds. The summed E-state index contributed by atoms with van der Waals surface area (Å²) in [5.74, 6) is -0.721. The average Bonchev–Trinajstić information content (AvgIpc) is 3.14. The lowest BCUT2D eigenvalue weighted by molar-refractivity contribution is -0.156. The fraction of sp³-hybridized carbons (Fsp3) is 0.610. The minimum atomic E-state index is -0.430. The maximum atomic E-state index is 12.9. The van der Waals surface area contributed by atoms with Gasteiger partial charge in [-0.05, 0) is 94.9 Å². The summed E-state index contributed by atoms with van der Waals surface area (Å²) >= 11 is 0. The minimum Gasteiger partial charge on any atom is -0.482 e. The Morgan fingerprint density at radius 2 is 1.02 bits per heavy atom. The molecule has 1 aliphatic rings. The van der Waals surface area contributed by atoms with Gasteiger partial charge in [-0.2, -0.15) is 0 Å². The Kier molecular flexibility index (Phi) is 21.3. The molecule has 0 saturated heterocycles. The lowest BCUT2D eigenvalue weighted by atomic mass is 10.0. The van der Waals surface area contributed by atoms with Crippen molar-refractivity contribution in [2.45, 2.75) is 115 Å². The molecule has 0 aromatic heterocycles. The van der Waals surface area contributed by atoms with Crippen LogP contribution in [0.25, 0.3) is 0 Å². The summed E-state index contributed by atoms with van der Waals surface area (Å²) in [6, 6.07) is 15.8. The predicted octanol–water partition coefficient (Wildman–Crippen LogP) is 7.21. The van der Waals surface area contributed by atoms with Gasteiger partial charge < -0.3 is 33.2 Å². The molecule has 52 heavy (non-hydrogen) atoms. The Labute approximate surface area is 309 Å². The quantitative estimate of drug-likeness (QED) is 0.0753. The molecule has 1 fully saturated rings. The minimum absolute atomic E-state index is 0.0796. The van der Waals surface area contributed by atoms with Crippen molar-refractivity contribution in [2.75, 3.05) is 46.8 Å². The van der Waals surface area contributed by atoms with Gasteiger partial charge in [0.15, 0.2) is 12.4 Å². The number of ketones is 1. The summed E-state index contributed by atoms with van der Waals surface area (Å²) in [6.45, 7) is 2.69. The van der Waals surface area contributed by atoms with Crippen LogP contribution in [0.1, 0.15) is 113 Å². The summed E-state index contributed by atoms with van der Waals surface area (Å²) in [7, 11) is 1.61. The molecular formula is C41H58O11. The van der Waals surface area contributed by atoms with E-state index >= 15 is 0 Å². The van der Waals surface area contributed by atoms with Crippen LogP contribution in [-0.2, 0) is 42.8 Å². The van der Waals surface area contributed by atoms with E-state index in [1.807, 2.05) is 18.2 Å². The molecule has 0 aliphatic heterocycles. The van der Waals surface area contributed by atoms with Crippen LogP contribution in [0, 0.1) is 0 Å².